The molecule has 0 aliphatic rings. The van der Waals surface area contributed by atoms with E-state index in [1.54, 1.807) is 0 Å². The molecule has 13 heavy (non-hydrogen) atoms. The summed E-state index contributed by atoms with van der Waals surface area (Å²) in [7, 11) is 0. The number of nitrogens with two attached hydrogens (primary N) is 1. The molecular weight excluding hydrogens is 219 g/mol. The second-order valence-corrected chi connectivity index (χ2v) is 2.80. The Hall–Kier alpha value is -0.380. The number of benzene rings is 1. The molecule has 0 spiro atoms. The van der Waals surface area contributed by atoms with Gasteiger partial charge in [0.2, 0.25) is 0 Å². The highest BCUT2D eigenvalue weighted by Crippen LogP contribution is 2.24. The van der Waals surface area contributed by atoms with Crippen LogP contribution in [0.25, 0.3) is 0 Å². The first-order valence-corrected chi connectivity index (χ1v) is 3.80. The van der Waals surface area contributed by atoms with Crippen LogP contribution in [0.2, 0.25) is 5.02 Å². The van der Waals surface area contributed by atoms with Crippen LogP contribution in [0.5, 0.6) is 0 Å². The second-order valence-electron chi connectivity index (χ2n) is 2.40. The molecule has 0 aliphatic heterocycles. The van der Waals surface area contributed by atoms with Crippen molar-refractivity contribution in [2.24, 2.45) is 5.73 Å². The lowest BCUT2D eigenvalue weighted by molar-refractivity contribution is 0.427. The molecule has 1 aromatic carbocycles. The van der Waals surface area contributed by atoms with Crippen LogP contribution < -0.4 is 5.73 Å². The van der Waals surface area contributed by atoms with E-state index in [1.807, 2.05) is 0 Å². The van der Waals surface area contributed by atoms with Gasteiger partial charge >= 0.3 is 0 Å². The summed E-state index contributed by atoms with van der Waals surface area (Å²) in [5.41, 5.74) is 5.34. The number of hydrogen-bond acceptors (Lipinski definition) is 1. The molecule has 0 radical (unpaired) electrons. The Morgan fingerprint density at radius 2 is 2.08 bits per heavy atom. The van der Waals surface area contributed by atoms with Crippen LogP contribution in [0, 0.1) is 5.82 Å². The molecule has 0 unspecified atom stereocenters. The molecular formula is C8H9Cl2F2N. The molecule has 0 saturated carbocycles. The smallest absolute Gasteiger partial charge is 0.129 e. The number of halogens is 4. The maximum atomic E-state index is 13.0. The van der Waals surface area contributed by atoms with Gasteiger partial charge in [0.05, 0.1) is 6.04 Å². The Balaban J connectivity index is 0.00000144. The predicted octanol–water partition coefficient (Wildman–Crippen LogP) is 2.87. The highest BCUT2D eigenvalue weighted by Gasteiger charge is 2.14. The van der Waals surface area contributed by atoms with Crippen LogP contribution in [-0.2, 0) is 0 Å². The van der Waals surface area contributed by atoms with Gasteiger partial charge in [-0.2, -0.15) is 0 Å². The van der Waals surface area contributed by atoms with E-state index in [4.69, 9.17) is 17.3 Å². The van der Waals surface area contributed by atoms with E-state index in [0.29, 0.717) is 0 Å². The average Bonchev–Trinajstić information content (AvgIpc) is 2.03. The molecule has 0 amide bonds. The monoisotopic (exact) mass is 227 g/mol. The van der Waals surface area contributed by atoms with Gasteiger partial charge in [0, 0.05) is 10.6 Å². The molecule has 0 bridgehead atoms. The predicted molar refractivity (Wildman–Crippen MR) is 51.6 cm³/mol. The van der Waals surface area contributed by atoms with Gasteiger partial charge in [-0.3, -0.25) is 0 Å². The van der Waals surface area contributed by atoms with Gasteiger partial charge in [-0.1, -0.05) is 17.7 Å². The third-order valence-corrected chi connectivity index (χ3v) is 1.87. The second kappa shape index (κ2) is 5.37. The minimum atomic E-state index is -0.973. The third-order valence-electron chi connectivity index (χ3n) is 1.54. The lowest BCUT2D eigenvalue weighted by atomic mass is 10.1. The lowest BCUT2D eigenvalue weighted by Crippen LogP contribution is -2.14. The first kappa shape index (κ1) is 12.6. The normalized spacial score (nSPS) is 12.0. The Labute approximate surface area is 86.3 Å². The molecule has 0 heterocycles. The SMILES string of the molecule is Cl.N[C@@H](CF)c1c(F)cccc1Cl. The van der Waals surface area contributed by atoms with E-state index in [1.165, 1.54) is 18.2 Å². The summed E-state index contributed by atoms with van der Waals surface area (Å²) in [4.78, 5) is 0. The van der Waals surface area contributed by atoms with Crippen molar-refractivity contribution in [3.05, 3.63) is 34.6 Å². The molecule has 5 heteroatoms. The summed E-state index contributed by atoms with van der Waals surface area (Å²) in [6.45, 7) is -0.819. The zero-order valence-corrected chi connectivity index (χ0v) is 8.21. The Morgan fingerprint density at radius 1 is 1.46 bits per heavy atom. The Kier molecular flexibility index (Phi) is 5.21. The molecule has 0 aliphatic carbocycles. The summed E-state index contributed by atoms with van der Waals surface area (Å²) < 4.78 is 25.0. The van der Waals surface area contributed by atoms with Crippen molar-refractivity contribution < 1.29 is 8.78 Å². The topological polar surface area (TPSA) is 26.0 Å². The van der Waals surface area contributed by atoms with E-state index < -0.39 is 18.5 Å². The summed E-state index contributed by atoms with van der Waals surface area (Å²) >= 11 is 5.62. The van der Waals surface area contributed by atoms with Crippen molar-refractivity contribution in [2.75, 3.05) is 6.67 Å². The summed E-state index contributed by atoms with van der Waals surface area (Å²) in [6, 6.07) is 3.16. The highest BCUT2D eigenvalue weighted by atomic mass is 35.5. The van der Waals surface area contributed by atoms with Crippen molar-refractivity contribution in [2.45, 2.75) is 6.04 Å². The number of alkyl halides is 1. The van der Waals surface area contributed by atoms with Crippen LogP contribution in [-0.4, -0.2) is 6.67 Å². The minimum Gasteiger partial charge on any atom is -0.322 e. The maximum Gasteiger partial charge on any atom is 0.129 e. The first-order chi connectivity index (χ1) is 5.66. The van der Waals surface area contributed by atoms with Crippen LogP contribution >= 0.6 is 24.0 Å². The summed E-state index contributed by atoms with van der Waals surface area (Å²) in [6.07, 6.45) is 0. The zero-order chi connectivity index (χ0) is 9.14. The highest BCUT2D eigenvalue weighted by molar-refractivity contribution is 6.31. The van der Waals surface area contributed by atoms with Gasteiger partial charge in [-0.05, 0) is 12.1 Å². The van der Waals surface area contributed by atoms with E-state index in [9.17, 15) is 8.78 Å². The van der Waals surface area contributed by atoms with Gasteiger partial charge < -0.3 is 5.73 Å². The molecule has 0 fully saturated rings. The first-order valence-electron chi connectivity index (χ1n) is 3.42. The molecule has 0 aromatic heterocycles. The molecule has 1 rings (SSSR count). The fourth-order valence-electron chi connectivity index (χ4n) is 0.942. The largest absolute Gasteiger partial charge is 0.322 e. The Morgan fingerprint density at radius 3 is 2.54 bits per heavy atom. The van der Waals surface area contributed by atoms with E-state index in [2.05, 4.69) is 0 Å². The number of rotatable bonds is 2. The summed E-state index contributed by atoms with van der Waals surface area (Å²) in [5, 5.41) is 0.167. The van der Waals surface area contributed by atoms with Crippen molar-refractivity contribution in [3.63, 3.8) is 0 Å². The van der Waals surface area contributed by atoms with Crippen molar-refractivity contribution >= 4 is 24.0 Å². The van der Waals surface area contributed by atoms with Gasteiger partial charge in [0.15, 0.2) is 0 Å². The molecule has 1 atom stereocenters. The van der Waals surface area contributed by atoms with E-state index in [-0.39, 0.29) is 23.0 Å². The standard InChI is InChI=1S/C8H8ClF2N.ClH/c9-5-2-1-3-6(11)8(5)7(12)4-10;/h1-3,7H,4,12H2;1H/t7-;/m0./s1. The zero-order valence-electron chi connectivity index (χ0n) is 6.64. The van der Waals surface area contributed by atoms with Gasteiger partial charge in [0.25, 0.3) is 0 Å². The van der Waals surface area contributed by atoms with E-state index >= 15 is 0 Å². The molecule has 74 valence electrons. The van der Waals surface area contributed by atoms with Gasteiger partial charge in [-0.15, -0.1) is 12.4 Å². The fraction of sp³-hybridized carbons (Fsp3) is 0.250. The van der Waals surface area contributed by atoms with Crippen molar-refractivity contribution in [1.82, 2.24) is 0 Å². The third kappa shape index (κ3) is 2.79. The lowest BCUT2D eigenvalue weighted by Gasteiger charge is -2.09. The van der Waals surface area contributed by atoms with Gasteiger partial charge in [-0.25, -0.2) is 8.78 Å². The fourth-order valence-corrected chi connectivity index (χ4v) is 1.25. The number of hydrogen-bond donors (Lipinski definition) is 1. The van der Waals surface area contributed by atoms with Crippen LogP contribution in [0.1, 0.15) is 11.6 Å². The minimum absolute atomic E-state index is 0. The van der Waals surface area contributed by atoms with Crippen LogP contribution in [0.3, 0.4) is 0 Å². The van der Waals surface area contributed by atoms with Crippen molar-refractivity contribution in [3.8, 4) is 0 Å². The Bertz CT molecular complexity index is 261. The molecule has 0 saturated heterocycles. The molecule has 2 N–H and O–H groups in total. The molecule has 1 aromatic rings. The van der Waals surface area contributed by atoms with Crippen LogP contribution in [0.15, 0.2) is 18.2 Å². The summed E-state index contributed by atoms with van der Waals surface area (Å²) in [5.74, 6) is -0.562. The average molecular weight is 228 g/mol. The van der Waals surface area contributed by atoms with E-state index in [0.717, 1.165) is 0 Å². The van der Waals surface area contributed by atoms with Crippen LogP contribution in [0.4, 0.5) is 8.78 Å². The van der Waals surface area contributed by atoms with Crippen molar-refractivity contribution in [1.29, 1.82) is 0 Å². The van der Waals surface area contributed by atoms with Gasteiger partial charge in [0.1, 0.15) is 12.5 Å². The quantitative estimate of drug-likeness (QED) is 0.827. The molecule has 1 nitrogen and oxygen atoms in total. The maximum absolute atomic E-state index is 13.0.